The van der Waals surface area contributed by atoms with Crippen LogP contribution in [0.1, 0.15) is 39.5 Å². The third-order valence-corrected chi connectivity index (χ3v) is 4.15. The van der Waals surface area contributed by atoms with Crippen LogP contribution in [0.5, 0.6) is 11.5 Å². The van der Waals surface area contributed by atoms with Gasteiger partial charge in [-0.05, 0) is 18.6 Å². The average molecular weight is 365 g/mol. The second-order valence-electron chi connectivity index (χ2n) is 6.26. The molecule has 1 aromatic rings. The third kappa shape index (κ3) is 7.33. The highest BCUT2D eigenvalue weighted by Gasteiger charge is 2.22. The summed E-state index contributed by atoms with van der Waals surface area (Å²) in [5.41, 5.74) is 0. The fourth-order valence-electron chi connectivity index (χ4n) is 2.62. The molecule has 1 aromatic carbocycles. The second-order valence-corrected chi connectivity index (χ2v) is 6.26. The summed E-state index contributed by atoms with van der Waals surface area (Å²) in [7, 11) is 2.92. The smallest absolute Gasteiger partial charge is 0.310 e. The molecule has 1 atom stereocenters. The molecule has 26 heavy (non-hydrogen) atoms. The van der Waals surface area contributed by atoms with E-state index in [9.17, 15) is 9.59 Å². The Morgan fingerprint density at radius 3 is 2.38 bits per heavy atom. The molecule has 0 saturated carbocycles. The molecule has 0 radical (unpaired) electrons. The maximum atomic E-state index is 12.6. The van der Waals surface area contributed by atoms with Crippen LogP contribution in [0.15, 0.2) is 24.3 Å². The van der Waals surface area contributed by atoms with Crippen molar-refractivity contribution in [2.75, 3.05) is 33.9 Å². The Balaban J connectivity index is 2.67. The zero-order valence-electron chi connectivity index (χ0n) is 16.3. The van der Waals surface area contributed by atoms with Crippen LogP contribution in [0.2, 0.25) is 0 Å². The number of carbonyl (C=O) groups excluding carboxylic acids is 2. The molecule has 1 amide bonds. The molecule has 0 bridgehead atoms. The van der Waals surface area contributed by atoms with Crippen molar-refractivity contribution in [1.82, 2.24) is 4.90 Å². The molecule has 0 fully saturated rings. The Bertz CT molecular complexity index is 561. The summed E-state index contributed by atoms with van der Waals surface area (Å²) >= 11 is 0. The van der Waals surface area contributed by atoms with Crippen LogP contribution in [-0.4, -0.2) is 50.7 Å². The first-order chi connectivity index (χ1) is 12.5. The Labute approximate surface area is 156 Å². The van der Waals surface area contributed by atoms with Gasteiger partial charge in [-0.25, -0.2) is 0 Å². The summed E-state index contributed by atoms with van der Waals surface area (Å²) in [4.78, 5) is 26.0. The lowest BCUT2D eigenvalue weighted by Gasteiger charge is -2.25. The van der Waals surface area contributed by atoms with Crippen molar-refractivity contribution in [3.05, 3.63) is 24.3 Å². The number of esters is 1. The first-order valence-electron chi connectivity index (χ1n) is 9.14. The van der Waals surface area contributed by atoms with E-state index in [0.29, 0.717) is 24.6 Å². The maximum absolute atomic E-state index is 12.6. The lowest BCUT2D eigenvalue weighted by atomic mass is 10.1. The molecule has 6 heteroatoms. The minimum Gasteiger partial charge on any atom is -0.493 e. The van der Waals surface area contributed by atoms with Crippen LogP contribution < -0.4 is 9.47 Å². The summed E-state index contributed by atoms with van der Waals surface area (Å²) in [6.45, 7) is 4.74. The van der Waals surface area contributed by atoms with Crippen molar-refractivity contribution in [1.29, 1.82) is 0 Å². The molecule has 0 spiro atoms. The molecule has 6 nitrogen and oxygen atoms in total. The van der Waals surface area contributed by atoms with E-state index in [1.165, 1.54) is 7.11 Å². The van der Waals surface area contributed by atoms with Gasteiger partial charge in [0, 0.05) is 13.1 Å². The fourth-order valence-corrected chi connectivity index (χ4v) is 2.62. The topological polar surface area (TPSA) is 65.1 Å². The largest absolute Gasteiger partial charge is 0.493 e. The number of amides is 1. The van der Waals surface area contributed by atoms with Crippen molar-refractivity contribution in [3.63, 3.8) is 0 Å². The summed E-state index contributed by atoms with van der Waals surface area (Å²) in [6.07, 6.45) is 4.22. The zero-order chi connectivity index (χ0) is 19.4. The van der Waals surface area contributed by atoms with Crippen molar-refractivity contribution in [3.8, 4) is 11.5 Å². The highest BCUT2D eigenvalue weighted by molar-refractivity contribution is 5.79. The van der Waals surface area contributed by atoms with E-state index in [0.717, 1.165) is 25.7 Å². The molecule has 0 heterocycles. The molecule has 1 rings (SSSR count). The van der Waals surface area contributed by atoms with Gasteiger partial charge in [0.15, 0.2) is 18.1 Å². The number of ether oxygens (including phenoxy) is 3. The molecular formula is C20H31NO5. The monoisotopic (exact) mass is 365 g/mol. The van der Waals surface area contributed by atoms with E-state index in [-0.39, 0.29) is 24.4 Å². The summed E-state index contributed by atoms with van der Waals surface area (Å²) in [5, 5.41) is 0. The Hall–Kier alpha value is -2.24. The van der Waals surface area contributed by atoms with Gasteiger partial charge in [-0.3, -0.25) is 9.59 Å². The van der Waals surface area contributed by atoms with Gasteiger partial charge in [-0.2, -0.15) is 0 Å². The average Bonchev–Trinajstić information content (AvgIpc) is 2.67. The lowest BCUT2D eigenvalue weighted by molar-refractivity contribution is -0.146. The van der Waals surface area contributed by atoms with Gasteiger partial charge in [0.25, 0.3) is 5.91 Å². The van der Waals surface area contributed by atoms with E-state index in [1.807, 2.05) is 12.1 Å². The number of para-hydroxylation sites is 2. The van der Waals surface area contributed by atoms with E-state index < -0.39 is 0 Å². The summed E-state index contributed by atoms with van der Waals surface area (Å²) < 4.78 is 15.6. The predicted molar refractivity (Wildman–Crippen MR) is 100 cm³/mol. The van der Waals surface area contributed by atoms with Gasteiger partial charge < -0.3 is 19.1 Å². The quantitative estimate of drug-likeness (QED) is 0.420. The van der Waals surface area contributed by atoms with E-state index >= 15 is 0 Å². The molecule has 0 aliphatic carbocycles. The van der Waals surface area contributed by atoms with Gasteiger partial charge in [0.1, 0.15) is 0 Å². The first-order valence-corrected chi connectivity index (χ1v) is 9.14. The van der Waals surface area contributed by atoms with Crippen molar-refractivity contribution < 1.29 is 23.8 Å². The van der Waals surface area contributed by atoms with Gasteiger partial charge in [0.05, 0.1) is 20.1 Å². The lowest BCUT2D eigenvalue weighted by Crippen LogP contribution is -2.40. The molecule has 0 aliphatic heterocycles. The summed E-state index contributed by atoms with van der Waals surface area (Å²) in [6, 6.07) is 7.20. The Morgan fingerprint density at radius 2 is 1.77 bits per heavy atom. The number of hydrogen-bond acceptors (Lipinski definition) is 5. The van der Waals surface area contributed by atoms with Gasteiger partial charge in [0.2, 0.25) is 0 Å². The molecule has 0 aliphatic rings. The minimum atomic E-state index is -0.374. The Kier molecular flexibility index (Phi) is 10.2. The van der Waals surface area contributed by atoms with Gasteiger partial charge in [-0.1, -0.05) is 45.2 Å². The number of carbonyl (C=O) groups is 2. The number of hydrogen-bond donors (Lipinski definition) is 0. The van der Waals surface area contributed by atoms with Crippen LogP contribution in [0, 0.1) is 5.92 Å². The van der Waals surface area contributed by atoms with E-state index in [4.69, 9.17) is 14.2 Å². The first kappa shape index (κ1) is 21.8. The number of nitrogens with zero attached hydrogens (tertiary/aromatic N) is 1. The minimum absolute atomic E-state index is 0.0952. The molecule has 0 saturated heterocycles. The normalized spacial score (nSPS) is 11.5. The Morgan fingerprint density at radius 1 is 1.08 bits per heavy atom. The van der Waals surface area contributed by atoms with Crippen molar-refractivity contribution in [2.45, 2.75) is 39.5 Å². The van der Waals surface area contributed by atoms with Crippen LogP contribution in [0.25, 0.3) is 0 Å². The standard InChI is InChI=1S/C20H31NO5/c1-5-6-7-10-13-21(14-16(2)20(23)25-4)19(22)15-26-18-12-9-8-11-17(18)24-3/h8-9,11-12,16H,5-7,10,13-15H2,1-4H3. The highest BCUT2D eigenvalue weighted by Crippen LogP contribution is 2.25. The molecule has 1 unspecified atom stereocenters. The summed E-state index contributed by atoms with van der Waals surface area (Å²) in [5.74, 6) is 0.263. The SMILES string of the molecule is CCCCCCN(CC(C)C(=O)OC)C(=O)COc1ccccc1OC. The van der Waals surface area contributed by atoms with E-state index in [1.54, 1.807) is 31.1 Å². The third-order valence-electron chi connectivity index (χ3n) is 4.15. The highest BCUT2D eigenvalue weighted by atomic mass is 16.5. The fraction of sp³-hybridized carbons (Fsp3) is 0.600. The van der Waals surface area contributed by atoms with Crippen LogP contribution in [-0.2, 0) is 14.3 Å². The molecule has 0 N–H and O–H groups in total. The van der Waals surface area contributed by atoms with Crippen LogP contribution >= 0.6 is 0 Å². The zero-order valence-corrected chi connectivity index (χ0v) is 16.3. The van der Waals surface area contributed by atoms with Crippen LogP contribution in [0.4, 0.5) is 0 Å². The molecular weight excluding hydrogens is 334 g/mol. The maximum Gasteiger partial charge on any atom is 0.310 e. The van der Waals surface area contributed by atoms with E-state index in [2.05, 4.69) is 6.92 Å². The van der Waals surface area contributed by atoms with Crippen molar-refractivity contribution in [2.24, 2.45) is 5.92 Å². The predicted octanol–water partition coefficient (Wildman–Crippen LogP) is 3.29. The van der Waals surface area contributed by atoms with Gasteiger partial charge >= 0.3 is 5.97 Å². The van der Waals surface area contributed by atoms with Gasteiger partial charge in [-0.15, -0.1) is 0 Å². The second kappa shape index (κ2) is 12.2. The number of unbranched alkanes of at least 4 members (excludes halogenated alkanes) is 3. The molecule has 0 aromatic heterocycles. The number of methoxy groups -OCH3 is 2. The van der Waals surface area contributed by atoms with Crippen LogP contribution in [0.3, 0.4) is 0 Å². The van der Waals surface area contributed by atoms with Crippen molar-refractivity contribution >= 4 is 11.9 Å². The number of benzene rings is 1. The molecule has 146 valence electrons. The number of rotatable bonds is 12.